The Hall–Kier alpha value is -2.93. The van der Waals surface area contributed by atoms with Crippen molar-refractivity contribution in [2.24, 2.45) is 0 Å². The fourth-order valence-electron chi connectivity index (χ4n) is 3.06. The summed E-state index contributed by atoms with van der Waals surface area (Å²) in [5.41, 5.74) is 7.40. The molecular formula is C22H15Cl3FN3O2. The van der Waals surface area contributed by atoms with Gasteiger partial charge in [-0.3, -0.25) is 4.79 Å². The van der Waals surface area contributed by atoms with E-state index in [1.165, 1.54) is 30.3 Å². The second-order valence-corrected chi connectivity index (χ2v) is 8.05. The summed E-state index contributed by atoms with van der Waals surface area (Å²) in [4.78, 5) is 15.5. The van der Waals surface area contributed by atoms with Gasteiger partial charge in [-0.1, -0.05) is 40.9 Å². The van der Waals surface area contributed by atoms with E-state index in [1.54, 1.807) is 24.3 Å². The molecular weight excluding hydrogens is 464 g/mol. The highest BCUT2D eigenvalue weighted by molar-refractivity contribution is 6.32. The summed E-state index contributed by atoms with van der Waals surface area (Å²) in [7, 11) is 0. The van der Waals surface area contributed by atoms with Gasteiger partial charge in [-0.15, -0.1) is 0 Å². The number of hydrogen-bond donors (Lipinski definition) is 3. The van der Waals surface area contributed by atoms with E-state index in [0.717, 1.165) is 10.9 Å². The van der Waals surface area contributed by atoms with Crippen molar-refractivity contribution in [3.05, 3.63) is 86.7 Å². The van der Waals surface area contributed by atoms with E-state index in [1.807, 2.05) is 0 Å². The first-order valence-corrected chi connectivity index (χ1v) is 10.2. The molecule has 0 saturated carbocycles. The van der Waals surface area contributed by atoms with E-state index >= 15 is 4.39 Å². The molecule has 0 saturated heterocycles. The third-order valence-corrected chi connectivity index (χ3v) is 5.26. The number of fused-ring (bicyclic) bond motifs is 1. The molecule has 4 N–H and O–H groups in total. The number of carbonyl (C=O) groups is 1. The van der Waals surface area contributed by atoms with Crippen LogP contribution in [0.15, 0.2) is 54.6 Å². The van der Waals surface area contributed by atoms with Gasteiger partial charge in [0.25, 0.3) is 5.91 Å². The predicted octanol–water partition coefficient (Wildman–Crippen LogP) is 6.57. The lowest BCUT2D eigenvalue weighted by Gasteiger charge is -2.13. The van der Waals surface area contributed by atoms with E-state index in [4.69, 9.17) is 45.3 Å². The van der Waals surface area contributed by atoms with Crippen LogP contribution in [-0.4, -0.2) is 10.9 Å². The van der Waals surface area contributed by atoms with Crippen LogP contribution in [0.3, 0.4) is 0 Å². The molecule has 0 radical (unpaired) electrons. The van der Waals surface area contributed by atoms with Crippen LogP contribution < -0.4 is 15.8 Å². The largest absolute Gasteiger partial charge is 0.453 e. The van der Waals surface area contributed by atoms with Crippen LogP contribution in [-0.2, 0) is 6.54 Å². The summed E-state index contributed by atoms with van der Waals surface area (Å²) in [5.74, 6) is -1.04. The van der Waals surface area contributed by atoms with Crippen LogP contribution in [0.1, 0.15) is 16.1 Å². The Morgan fingerprint density at radius 2 is 1.84 bits per heavy atom. The second kappa shape index (κ2) is 8.67. The number of amides is 1. The number of hydrogen-bond acceptors (Lipinski definition) is 3. The average Bonchev–Trinajstić information content (AvgIpc) is 3.13. The molecule has 4 rings (SSSR count). The number of H-pyrrole nitrogens is 1. The zero-order valence-electron chi connectivity index (χ0n) is 15.8. The highest BCUT2D eigenvalue weighted by Crippen LogP contribution is 2.35. The number of aromatic nitrogens is 1. The summed E-state index contributed by atoms with van der Waals surface area (Å²) in [6.45, 7) is -0.0774. The first-order chi connectivity index (χ1) is 14.8. The van der Waals surface area contributed by atoms with Crippen molar-refractivity contribution in [3.8, 4) is 11.5 Å². The van der Waals surface area contributed by atoms with Gasteiger partial charge in [-0.05, 0) is 42.5 Å². The van der Waals surface area contributed by atoms with Gasteiger partial charge in [0, 0.05) is 44.8 Å². The molecule has 4 aromatic rings. The first-order valence-electron chi connectivity index (χ1n) is 9.07. The van der Waals surface area contributed by atoms with Gasteiger partial charge in [0.1, 0.15) is 11.4 Å². The maximum Gasteiger partial charge on any atom is 0.267 e. The maximum atomic E-state index is 15.0. The van der Waals surface area contributed by atoms with E-state index in [2.05, 4.69) is 10.3 Å². The standard InChI is InChI=1S/C22H15Cl3FN3O2/c23-13-2-4-18-12(5-13)6-19(29-18)22(30)28-10-11-1-3-17(25)21(20(11)26)31-16-8-14(24)7-15(27)9-16/h1-9,29H,10,27H2,(H,28,30). The second-order valence-electron chi connectivity index (χ2n) is 6.77. The molecule has 3 aromatic carbocycles. The van der Waals surface area contributed by atoms with Gasteiger partial charge in [-0.25, -0.2) is 4.39 Å². The highest BCUT2D eigenvalue weighted by atomic mass is 35.5. The zero-order chi connectivity index (χ0) is 22.1. The quantitative estimate of drug-likeness (QED) is 0.284. The van der Waals surface area contributed by atoms with Gasteiger partial charge in [-0.2, -0.15) is 0 Å². The van der Waals surface area contributed by atoms with Crippen molar-refractivity contribution in [1.29, 1.82) is 0 Å². The fraction of sp³-hybridized carbons (Fsp3) is 0.0455. The van der Waals surface area contributed by atoms with Crippen molar-refractivity contribution < 1.29 is 13.9 Å². The third kappa shape index (κ3) is 4.71. The zero-order valence-corrected chi connectivity index (χ0v) is 18.1. The molecule has 0 fully saturated rings. The molecule has 0 atom stereocenters. The number of aromatic amines is 1. The lowest BCUT2D eigenvalue weighted by molar-refractivity contribution is 0.0946. The molecule has 0 spiro atoms. The Labute approximate surface area is 191 Å². The average molecular weight is 479 g/mol. The summed E-state index contributed by atoms with van der Waals surface area (Å²) >= 11 is 18.1. The lowest BCUT2D eigenvalue weighted by Crippen LogP contribution is -2.23. The van der Waals surface area contributed by atoms with Crippen LogP contribution in [0.2, 0.25) is 15.1 Å². The monoisotopic (exact) mass is 477 g/mol. The number of anilines is 1. The van der Waals surface area contributed by atoms with Gasteiger partial charge in [0.2, 0.25) is 0 Å². The van der Waals surface area contributed by atoms with E-state index in [0.29, 0.717) is 21.4 Å². The Balaban J connectivity index is 1.53. The van der Waals surface area contributed by atoms with Crippen LogP contribution in [0.5, 0.6) is 11.5 Å². The minimum atomic E-state index is -0.699. The fourth-order valence-corrected chi connectivity index (χ4v) is 3.66. The van der Waals surface area contributed by atoms with E-state index in [-0.39, 0.29) is 28.6 Å². The van der Waals surface area contributed by atoms with Gasteiger partial charge >= 0.3 is 0 Å². The molecule has 1 heterocycles. The van der Waals surface area contributed by atoms with Crippen molar-refractivity contribution in [2.45, 2.75) is 6.54 Å². The van der Waals surface area contributed by atoms with E-state index in [9.17, 15) is 4.79 Å². The first kappa shape index (κ1) is 21.3. The highest BCUT2D eigenvalue weighted by Gasteiger charge is 2.17. The van der Waals surface area contributed by atoms with Crippen LogP contribution in [0.25, 0.3) is 10.9 Å². The number of benzene rings is 3. The van der Waals surface area contributed by atoms with Crippen molar-refractivity contribution in [2.75, 3.05) is 5.73 Å². The molecule has 31 heavy (non-hydrogen) atoms. The molecule has 0 aliphatic carbocycles. The van der Waals surface area contributed by atoms with Crippen LogP contribution >= 0.6 is 34.8 Å². The molecule has 0 bridgehead atoms. The number of nitrogens with one attached hydrogen (secondary N) is 2. The number of ether oxygens (including phenoxy) is 1. The smallest absolute Gasteiger partial charge is 0.267 e. The summed E-state index contributed by atoms with van der Waals surface area (Å²) in [6, 6.07) is 14.4. The summed E-state index contributed by atoms with van der Waals surface area (Å²) in [6.07, 6.45) is 0. The van der Waals surface area contributed by atoms with Crippen LogP contribution in [0.4, 0.5) is 10.1 Å². The maximum absolute atomic E-state index is 15.0. The minimum absolute atomic E-state index is 0.0682. The predicted molar refractivity (Wildman–Crippen MR) is 122 cm³/mol. The number of nitrogen functional groups attached to an aromatic ring is 1. The lowest BCUT2D eigenvalue weighted by atomic mass is 10.2. The van der Waals surface area contributed by atoms with E-state index < -0.39 is 11.7 Å². The molecule has 5 nitrogen and oxygen atoms in total. The summed E-state index contributed by atoms with van der Waals surface area (Å²) in [5, 5.41) is 4.45. The van der Waals surface area contributed by atoms with Crippen molar-refractivity contribution >= 4 is 57.3 Å². The SMILES string of the molecule is Nc1cc(Cl)cc(Oc2c(Cl)ccc(CNC(=O)c3cc4cc(Cl)ccc4[nH]3)c2F)c1. The Kier molecular flexibility index (Phi) is 5.96. The van der Waals surface area contributed by atoms with Gasteiger partial charge < -0.3 is 20.8 Å². The molecule has 1 aromatic heterocycles. The summed E-state index contributed by atoms with van der Waals surface area (Å²) < 4.78 is 20.6. The number of rotatable bonds is 5. The van der Waals surface area contributed by atoms with Crippen molar-refractivity contribution in [3.63, 3.8) is 0 Å². The Morgan fingerprint density at radius 3 is 2.61 bits per heavy atom. The normalized spacial score (nSPS) is 11.0. The minimum Gasteiger partial charge on any atom is -0.453 e. The molecule has 0 aliphatic heterocycles. The van der Waals surface area contributed by atoms with Crippen molar-refractivity contribution in [1.82, 2.24) is 10.3 Å². The van der Waals surface area contributed by atoms with Crippen LogP contribution in [0, 0.1) is 5.82 Å². The molecule has 158 valence electrons. The van der Waals surface area contributed by atoms with Gasteiger partial charge in [0.05, 0.1) is 5.02 Å². The Bertz CT molecular complexity index is 1290. The Morgan fingerprint density at radius 1 is 1.03 bits per heavy atom. The topological polar surface area (TPSA) is 80.1 Å². The van der Waals surface area contributed by atoms with Gasteiger partial charge in [0.15, 0.2) is 11.6 Å². The number of carbonyl (C=O) groups excluding carboxylic acids is 1. The molecule has 0 aliphatic rings. The number of nitrogens with two attached hydrogens (primary N) is 1. The molecule has 1 amide bonds. The molecule has 0 unspecified atom stereocenters. The molecule has 9 heteroatoms. The number of halogens is 4. The third-order valence-electron chi connectivity index (χ3n) is 4.51.